The third kappa shape index (κ3) is 3.40. The fourth-order valence-corrected chi connectivity index (χ4v) is 6.37. The van der Waals surface area contributed by atoms with Gasteiger partial charge in [-0.15, -0.1) is 0 Å². The molecule has 0 saturated carbocycles. The topological polar surface area (TPSA) is 57.4 Å². The Morgan fingerprint density at radius 2 is 1.19 bits per heavy atom. The van der Waals surface area contributed by atoms with Gasteiger partial charge in [0.05, 0.1) is 45.0 Å². The second kappa shape index (κ2) is 9.24. The summed E-state index contributed by atoms with van der Waals surface area (Å²) >= 11 is 0. The summed E-state index contributed by atoms with van der Waals surface area (Å²) < 4.78 is 4.58. The molecule has 0 bridgehead atoms. The van der Waals surface area contributed by atoms with E-state index in [2.05, 4.69) is 112 Å². The number of nitrogens with zero attached hydrogens (tertiary/aromatic N) is 4. The molecule has 2 heterocycles. The minimum absolute atomic E-state index is 0.585. The Labute approximate surface area is 242 Å². The van der Waals surface area contributed by atoms with Crippen LogP contribution in [-0.2, 0) is 0 Å². The van der Waals surface area contributed by atoms with Crippen molar-refractivity contribution in [3.63, 3.8) is 0 Å². The van der Waals surface area contributed by atoms with Crippen LogP contribution in [0.5, 0.6) is 0 Å². The van der Waals surface area contributed by atoms with Gasteiger partial charge in [0.2, 0.25) is 0 Å². The maximum atomic E-state index is 10.3. The van der Waals surface area contributed by atoms with E-state index in [1.165, 1.54) is 0 Å². The van der Waals surface area contributed by atoms with Gasteiger partial charge >= 0.3 is 0 Å². The molecule has 0 aliphatic heterocycles. The molecule has 6 aromatic carbocycles. The Morgan fingerprint density at radius 1 is 0.476 bits per heavy atom. The second-order valence-electron chi connectivity index (χ2n) is 10.4. The molecule has 0 spiro atoms. The first-order chi connectivity index (χ1) is 20.8. The first kappa shape index (κ1) is 23.8. The normalized spacial score (nSPS) is 11.3. The van der Waals surface area contributed by atoms with Crippen molar-refractivity contribution < 1.29 is 0 Å². The fraction of sp³-hybridized carbons (Fsp3) is 0. The van der Waals surface area contributed by atoms with Crippen LogP contribution < -0.4 is 0 Å². The van der Waals surface area contributed by atoms with Crippen molar-refractivity contribution in [2.45, 2.75) is 0 Å². The summed E-state index contributed by atoms with van der Waals surface area (Å²) in [5.41, 5.74) is 9.33. The van der Waals surface area contributed by atoms with E-state index in [0.717, 1.165) is 66.1 Å². The van der Waals surface area contributed by atoms with Crippen molar-refractivity contribution in [1.82, 2.24) is 9.13 Å². The number of nitriles is 2. The summed E-state index contributed by atoms with van der Waals surface area (Å²) in [5, 5.41) is 24.4. The van der Waals surface area contributed by atoms with Gasteiger partial charge in [0, 0.05) is 27.2 Å². The highest BCUT2D eigenvalue weighted by Gasteiger charge is 2.22. The molecule has 0 aliphatic rings. The maximum absolute atomic E-state index is 10.3. The van der Waals surface area contributed by atoms with E-state index >= 15 is 0 Å². The molecule has 0 unspecified atom stereocenters. The number of aromatic nitrogens is 2. The predicted octanol–water partition coefficient (Wildman–Crippen LogP) is 9.29. The zero-order valence-corrected chi connectivity index (χ0v) is 22.5. The largest absolute Gasteiger partial charge is 0.309 e. The van der Waals surface area contributed by atoms with Crippen molar-refractivity contribution in [1.29, 1.82) is 10.5 Å². The van der Waals surface area contributed by atoms with Gasteiger partial charge in [0.25, 0.3) is 0 Å². The molecule has 194 valence electrons. The van der Waals surface area contributed by atoms with E-state index in [1.807, 2.05) is 36.4 Å². The summed E-state index contributed by atoms with van der Waals surface area (Å²) in [7, 11) is 0. The average molecular weight is 535 g/mol. The number of fused-ring (bicyclic) bond motifs is 7. The molecule has 4 heteroatoms. The van der Waals surface area contributed by atoms with Crippen LogP contribution in [0.1, 0.15) is 11.1 Å². The first-order valence-electron chi connectivity index (χ1n) is 13.8. The van der Waals surface area contributed by atoms with Crippen LogP contribution in [0.15, 0.2) is 133 Å². The summed E-state index contributed by atoms with van der Waals surface area (Å²) in [6.07, 6.45) is 0. The van der Waals surface area contributed by atoms with Crippen LogP contribution >= 0.6 is 0 Å². The zero-order chi connectivity index (χ0) is 28.2. The Bertz CT molecular complexity index is 2430. The van der Waals surface area contributed by atoms with Crippen LogP contribution in [0, 0.1) is 22.7 Å². The van der Waals surface area contributed by atoms with Crippen molar-refractivity contribution in [3.8, 4) is 34.6 Å². The lowest BCUT2D eigenvalue weighted by atomic mass is 10.0. The van der Waals surface area contributed by atoms with E-state index in [1.54, 1.807) is 6.07 Å². The van der Waals surface area contributed by atoms with Gasteiger partial charge in [-0.3, -0.25) is 0 Å². The number of hydrogen-bond donors (Lipinski definition) is 0. The third-order valence-corrected chi connectivity index (χ3v) is 8.17. The predicted molar refractivity (Wildman–Crippen MR) is 170 cm³/mol. The average Bonchev–Trinajstić information content (AvgIpc) is 3.58. The highest BCUT2D eigenvalue weighted by molar-refractivity contribution is 6.26. The van der Waals surface area contributed by atoms with E-state index in [4.69, 9.17) is 0 Å². The smallest absolute Gasteiger partial charge is 0.101 e. The number of hydrogen-bond acceptors (Lipinski definition) is 2. The van der Waals surface area contributed by atoms with Gasteiger partial charge in [-0.1, -0.05) is 78.9 Å². The second-order valence-corrected chi connectivity index (χ2v) is 10.4. The van der Waals surface area contributed by atoms with Crippen molar-refractivity contribution in [2.24, 2.45) is 0 Å². The van der Waals surface area contributed by atoms with Gasteiger partial charge < -0.3 is 9.13 Å². The molecule has 8 aromatic rings. The molecule has 42 heavy (non-hydrogen) atoms. The number of rotatable bonds is 3. The van der Waals surface area contributed by atoms with Crippen LogP contribution in [0.2, 0.25) is 0 Å². The molecule has 4 nitrogen and oxygen atoms in total. The Morgan fingerprint density at radius 3 is 1.98 bits per heavy atom. The van der Waals surface area contributed by atoms with E-state index in [0.29, 0.717) is 11.1 Å². The van der Waals surface area contributed by atoms with Crippen LogP contribution in [0.25, 0.3) is 66.1 Å². The molecule has 0 saturated heterocycles. The molecule has 2 aromatic heterocycles. The SMILES string of the molecule is N#Cc1cccc(-c2ccc(C#N)c(-n3c4ccccc4c4ccc5c(c6ccccc6n5-c5ccccc5)c43)c2)c1. The highest BCUT2D eigenvalue weighted by atomic mass is 15.0. The fourth-order valence-electron chi connectivity index (χ4n) is 6.37. The summed E-state index contributed by atoms with van der Waals surface area (Å²) in [6, 6.07) is 50.0. The Kier molecular flexibility index (Phi) is 5.22. The molecule has 0 N–H and O–H groups in total. The van der Waals surface area contributed by atoms with Crippen molar-refractivity contribution in [3.05, 3.63) is 145 Å². The molecular formula is C38H22N4. The Hall–Kier alpha value is -6.10. The lowest BCUT2D eigenvalue weighted by Gasteiger charge is -2.13. The van der Waals surface area contributed by atoms with Crippen molar-refractivity contribution >= 4 is 43.6 Å². The molecule has 0 amide bonds. The maximum Gasteiger partial charge on any atom is 0.101 e. The van der Waals surface area contributed by atoms with Gasteiger partial charge in [-0.05, 0) is 65.7 Å². The zero-order valence-electron chi connectivity index (χ0n) is 22.5. The van der Waals surface area contributed by atoms with Gasteiger partial charge in [0.1, 0.15) is 6.07 Å². The van der Waals surface area contributed by atoms with E-state index in [9.17, 15) is 10.5 Å². The number of para-hydroxylation sites is 3. The molecule has 0 fully saturated rings. The highest BCUT2D eigenvalue weighted by Crippen LogP contribution is 2.42. The van der Waals surface area contributed by atoms with Gasteiger partial charge in [0.15, 0.2) is 0 Å². The van der Waals surface area contributed by atoms with Crippen LogP contribution in [0.4, 0.5) is 0 Å². The van der Waals surface area contributed by atoms with Gasteiger partial charge in [-0.25, -0.2) is 0 Å². The quantitative estimate of drug-likeness (QED) is 0.227. The standard InChI is InChI=1S/C38H22N4/c39-23-25-9-8-10-26(21-25)27-17-18-28(24-40)36(22-27)42-33-15-6-4-13-30(33)31-19-20-35-37(38(31)42)32-14-5-7-16-34(32)41(35)29-11-2-1-3-12-29/h1-22H. The minimum Gasteiger partial charge on any atom is -0.309 e. The van der Waals surface area contributed by atoms with Crippen molar-refractivity contribution in [2.75, 3.05) is 0 Å². The number of benzene rings is 6. The van der Waals surface area contributed by atoms with E-state index in [-0.39, 0.29) is 0 Å². The summed E-state index contributed by atoms with van der Waals surface area (Å²) in [5.74, 6) is 0. The lowest BCUT2D eigenvalue weighted by molar-refractivity contribution is 1.17. The summed E-state index contributed by atoms with van der Waals surface area (Å²) in [6.45, 7) is 0. The van der Waals surface area contributed by atoms with Gasteiger partial charge in [-0.2, -0.15) is 10.5 Å². The first-order valence-corrected chi connectivity index (χ1v) is 13.8. The molecule has 0 aliphatic carbocycles. The van der Waals surface area contributed by atoms with E-state index < -0.39 is 0 Å². The lowest BCUT2D eigenvalue weighted by Crippen LogP contribution is -1.99. The summed E-state index contributed by atoms with van der Waals surface area (Å²) in [4.78, 5) is 0. The molecular weight excluding hydrogens is 512 g/mol. The molecule has 8 rings (SSSR count). The molecule has 0 atom stereocenters. The van der Waals surface area contributed by atoms with Crippen LogP contribution in [0.3, 0.4) is 0 Å². The monoisotopic (exact) mass is 534 g/mol. The van der Waals surface area contributed by atoms with Crippen LogP contribution in [-0.4, -0.2) is 9.13 Å². The molecule has 0 radical (unpaired) electrons. The minimum atomic E-state index is 0.585. The Balaban J connectivity index is 1.55. The third-order valence-electron chi connectivity index (χ3n) is 8.17.